The van der Waals surface area contributed by atoms with Crippen molar-refractivity contribution in [2.75, 3.05) is 6.26 Å². The summed E-state index contributed by atoms with van der Waals surface area (Å²) in [6, 6.07) is 5.43. The Balaban J connectivity index is 1.63. The van der Waals surface area contributed by atoms with E-state index in [4.69, 9.17) is 16.3 Å². The van der Waals surface area contributed by atoms with Crippen LogP contribution < -0.4 is 9.46 Å². The second-order valence-electron chi connectivity index (χ2n) is 7.48. The molecule has 0 bridgehead atoms. The highest BCUT2D eigenvalue weighted by Gasteiger charge is 2.22. The Morgan fingerprint density at radius 3 is 2.48 bits per heavy atom. The lowest BCUT2D eigenvalue weighted by Gasteiger charge is -2.13. The van der Waals surface area contributed by atoms with Gasteiger partial charge in [0.05, 0.1) is 11.8 Å². The lowest BCUT2D eigenvalue weighted by Crippen LogP contribution is -2.30. The number of halogens is 4. The van der Waals surface area contributed by atoms with Crippen LogP contribution >= 0.6 is 11.6 Å². The first kappa shape index (κ1) is 23.1. The average Bonchev–Trinajstić information content (AvgIpc) is 3.22. The Hall–Kier alpha value is -3.11. The smallest absolute Gasteiger partial charge is 0.267 e. The lowest BCUT2D eigenvalue weighted by molar-refractivity contribution is 0.0977. The van der Waals surface area contributed by atoms with Crippen molar-refractivity contribution in [3.63, 3.8) is 0 Å². The molecule has 2 aromatic carbocycles. The van der Waals surface area contributed by atoms with Gasteiger partial charge in [-0.3, -0.25) is 4.79 Å². The minimum atomic E-state index is -3.96. The highest BCUT2D eigenvalue weighted by molar-refractivity contribution is 7.89. The number of nitrogens with zero attached hydrogens (tertiary/aromatic N) is 1. The molecule has 33 heavy (non-hydrogen) atoms. The van der Waals surface area contributed by atoms with Crippen LogP contribution in [-0.4, -0.2) is 25.6 Å². The molecule has 0 aliphatic heterocycles. The molecule has 1 amide bonds. The van der Waals surface area contributed by atoms with Crippen LogP contribution in [0.4, 0.5) is 13.2 Å². The number of aromatic nitrogens is 1. The van der Waals surface area contributed by atoms with Crippen LogP contribution in [-0.2, 0) is 22.9 Å². The molecule has 0 radical (unpaired) electrons. The number of benzene rings is 2. The minimum Gasteiger partial charge on any atom is -0.437 e. The number of fused-ring (bicyclic) bond motifs is 1. The molecule has 4 rings (SSSR count). The van der Waals surface area contributed by atoms with Crippen molar-refractivity contribution in [2.24, 2.45) is 0 Å². The van der Waals surface area contributed by atoms with Crippen molar-refractivity contribution >= 4 is 27.5 Å². The summed E-state index contributed by atoms with van der Waals surface area (Å²) in [4.78, 5) is 16.0. The average molecular weight is 497 g/mol. The predicted octanol–water partition coefficient (Wildman–Crippen LogP) is 4.79. The van der Waals surface area contributed by atoms with Crippen LogP contribution in [0.3, 0.4) is 0 Å². The second kappa shape index (κ2) is 8.68. The molecular formula is C22H16ClF3N2O4S. The third-order valence-electron chi connectivity index (χ3n) is 5.09. The fraction of sp³-hybridized carbons (Fsp3) is 0.182. The van der Waals surface area contributed by atoms with E-state index in [9.17, 15) is 26.4 Å². The number of rotatable bonds is 5. The fourth-order valence-electron chi connectivity index (χ4n) is 3.64. The zero-order chi connectivity index (χ0) is 23.9. The van der Waals surface area contributed by atoms with Gasteiger partial charge < -0.3 is 4.74 Å². The van der Waals surface area contributed by atoms with Crippen LogP contribution in [0, 0.1) is 17.5 Å². The van der Waals surface area contributed by atoms with Crippen LogP contribution in [0.2, 0.25) is 5.02 Å². The predicted molar refractivity (Wildman–Crippen MR) is 115 cm³/mol. The third kappa shape index (κ3) is 4.81. The maximum Gasteiger partial charge on any atom is 0.267 e. The first-order chi connectivity index (χ1) is 15.5. The second-order valence-corrected chi connectivity index (χ2v) is 9.64. The summed E-state index contributed by atoms with van der Waals surface area (Å²) in [6.45, 7) is 0. The molecule has 1 N–H and O–H groups in total. The maximum atomic E-state index is 14.6. The van der Waals surface area contributed by atoms with Crippen molar-refractivity contribution in [1.82, 2.24) is 9.71 Å². The zero-order valence-corrected chi connectivity index (χ0v) is 18.7. The molecule has 0 spiro atoms. The molecule has 6 nitrogen and oxygen atoms in total. The number of pyridine rings is 1. The summed E-state index contributed by atoms with van der Waals surface area (Å²) in [5.41, 5.74) is 0.423. The van der Waals surface area contributed by atoms with Gasteiger partial charge >= 0.3 is 0 Å². The van der Waals surface area contributed by atoms with Gasteiger partial charge in [0.25, 0.3) is 5.91 Å². The molecule has 172 valence electrons. The number of carbonyl (C=O) groups excluding carboxylic acids is 1. The molecule has 3 aromatic rings. The minimum absolute atomic E-state index is 0.00211. The summed E-state index contributed by atoms with van der Waals surface area (Å²) in [7, 11) is -3.96. The molecule has 1 heterocycles. The number of hydrogen-bond acceptors (Lipinski definition) is 5. The number of ether oxygens (including phenoxy) is 1. The van der Waals surface area contributed by atoms with Crippen molar-refractivity contribution in [3.05, 3.63) is 75.7 Å². The molecule has 0 unspecified atom stereocenters. The lowest BCUT2D eigenvalue weighted by atomic mass is 10.0. The number of hydrogen-bond donors (Lipinski definition) is 1. The summed E-state index contributed by atoms with van der Waals surface area (Å²) in [6.07, 6.45) is 3.99. The summed E-state index contributed by atoms with van der Waals surface area (Å²) < 4.78 is 72.7. The molecule has 0 saturated carbocycles. The molecule has 0 fully saturated rings. The van der Waals surface area contributed by atoms with Crippen molar-refractivity contribution in [1.29, 1.82) is 0 Å². The van der Waals surface area contributed by atoms with Crippen LogP contribution in [0.5, 0.6) is 11.6 Å². The first-order valence-electron chi connectivity index (χ1n) is 9.68. The standard InChI is InChI=1S/C22H16ClF3N2O4S/c1-33(30,31)28-21(29)15-9-18(25)14(8-19(15)26)11-7-16(23)22(27-10-11)32-20-6-5-17(24)12-3-2-4-13(12)20/h5-10H,2-4H2,1H3,(H,28,29). The largest absolute Gasteiger partial charge is 0.437 e. The van der Waals surface area contributed by atoms with Crippen LogP contribution in [0.15, 0.2) is 36.5 Å². The Labute approximate surface area is 192 Å². The van der Waals surface area contributed by atoms with Gasteiger partial charge in [-0.25, -0.2) is 31.3 Å². The van der Waals surface area contributed by atoms with E-state index in [1.165, 1.54) is 24.4 Å². The SMILES string of the molecule is CS(=O)(=O)NC(=O)c1cc(F)c(-c2cnc(Oc3ccc(F)c4c3CCC4)c(Cl)c2)cc1F. The molecule has 1 aliphatic rings. The first-order valence-corrected chi connectivity index (χ1v) is 12.0. The van der Waals surface area contributed by atoms with Crippen molar-refractivity contribution in [3.8, 4) is 22.8 Å². The van der Waals surface area contributed by atoms with E-state index < -0.39 is 33.1 Å². The van der Waals surface area contributed by atoms with Crippen LogP contribution in [0.1, 0.15) is 27.9 Å². The van der Waals surface area contributed by atoms with Gasteiger partial charge in [-0.15, -0.1) is 0 Å². The Bertz CT molecular complexity index is 1400. The van der Waals surface area contributed by atoms with Crippen molar-refractivity contribution < 1.29 is 31.1 Å². The molecule has 0 saturated heterocycles. The molecule has 0 atom stereocenters. The third-order valence-corrected chi connectivity index (χ3v) is 5.92. The van der Waals surface area contributed by atoms with Gasteiger partial charge in [0.1, 0.15) is 28.2 Å². The summed E-state index contributed by atoms with van der Waals surface area (Å²) in [5, 5.41) is 0.00211. The maximum absolute atomic E-state index is 14.6. The summed E-state index contributed by atoms with van der Waals surface area (Å²) >= 11 is 6.25. The topological polar surface area (TPSA) is 85.4 Å². The highest BCUT2D eigenvalue weighted by Crippen LogP contribution is 2.37. The van der Waals surface area contributed by atoms with E-state index in [0.717, 1.165) is 18.1 Å². The highest BCUT2D eigenvalue weighted by atomic mass is 35.5. The van der Waals surface area contributed by atoms with E-state index in [-0.39, 0.29) is 27.8 Å². The van der Waals surface area contributed by atoms with E-state index >= 15 is 0 Å². The fourth-order valence-corrected chi connectivity index (χ4v) is 4.29. The summed E-state index contributed by atoms with van der Waals surface area (Å²) in [5.74, 6) is -3.29. The Morgan fingerprint density at radius 1 is 1.06 bits per heavy atom. The van der Waals surface area contributed by atoms with Gasteiger partial charge in [0, 0.05) is 22.9 Å². The quantitative estimate of drug-likeness (QED) is 0.549. The molecular weight excluding hydrogens is 481 g/mol. The monoisotopic (exact) mass is 496 g/mol. The molecule has 11 heteroatoms. The van der Waals surface area contributed by atoms with E-state index in [1.807, 2.05) is 0 Å². The van der Waals surface area contributed by atoms with Crippen LogP contribution in [0.25, 0.3) is 11.1 Å². The van der Waals surface area contributed by atoms with Gasteiger partial charge in [-0.1, -0.05) is 11.6 Å². The number of carbonyl (C=O) groups is 1. The van der Waals surface area contributed by atoms with Gasteiger partial charge in [-0.05, 0) is 55.2 Å². The van der Waals surface area contributed by atoms with E-state index in [2.05, 4.69) is 4.98 Å². The van der Waals surface area contributed by atoms with E-state index in [1.54, 1.807) is 4.72 Å². The van der Waals surface area contributed by atoms with Gasteiger partial charge in [0.2, 0.25) is 15.9 Å². The number of sulfonamides is 1. The molecule has 1 aliphatic carbocycles. The normalized spacial score (nSPS) is 13.0. The number of amides is 1. The zero-order valence-electron chi connectivity index (χ0n) is 17.1. The molecule has 1 aromatic heterocycles. The Morgan fingerprint density at radius 2 is 1.79 bits per heavy atom. The number of nitrogens with one attached hydrogen (secondary N) is 1. The van der Waals surface area contributed by atoms with Gasteiger partial charge in [-0.2, -0.15) is 0 Å². The van der Waals surface area contributed by atoms with Gasteiger partial charge in [0.15, 0.2) is 0 Å². The Kier molecular flexibility index (Phi) is 6.06. The van der Waals surface area contributed by atoms with E-state index in [0.29, 0.717) is 36.5 Å². The van der Waals surface area contributed by atoms with Crippen molar-refractivity contribution in [2.45, 2.75) is 19.3 Å².